The van der Waals surface area contributed by atoms with Gasteiger partial charge in [-0.1, -0.05) is 20.8 Å². The van der Waals surface area contributed by atoms with E-state index in [2.05, 4.69) is 15.0 Å². The number of hydrogen-bond acceptors (Lipinski definition) is 4. The molecule has 2 heterocycles. The van der Waals surface area contributed by atoms with Gasteiger partial charge < -0.3 is 4.98 Å². The standard InChI is InChI=1S/C16H17N3O2/c1-16(2,3)15-18-9-11(10-19-15)4-5-13(20)12-6-7-17-14(21)8-12/h4-10H,1-3H3,(H,17,21)/b5-4+. The van der Waals surface area contributed by atoms with Crippen LogP contribution in [0.25, 0.3) is 6.08 Å². The van der Waals surface area contributed by atoms with Crippen molar-refractivity contribution in [1.82, 2.24) is 15.0 Å². The molecule has 5 nitrogen and oxygen atoms in total. The second-order valence-electron chi connectivity index (χ2n) is 5.73. The fourth-order valence-corrected chi connectivity index (χ4v) is 1.68. The van der Waals surface area contributed by atoms with Gasteiger partial charge in [0.25, 0.3) is 0 Å². The molecule has 0 saturated heterocycles. The van der Waals surface area contributed by atoms with Crippen LogP contribution in [0.3, 0.4) is 0 Å². The van der Waals surface area contributed by atoms with Crippen molar-refractivity contribution in [1.29, 1.82) is 0 Å². The summed E-state index contributed by atoms with van der Waals surface area (Å²) in [5.41, 5.74) is 0.680. The van der Waals surface area contributed by atoms with E-state index in [-0.39, 0.29) is 16.8 Å². The molecule has 0 radical (unpaired) electrons. The van der Waals surface area contributed by atoms with Crippen LogP contribution in [0.4, 0.5) is 0 Å². The lowest BCUT2D eigenvalue weighted by Gasteiger charge is -2.15. The maximum Gasteiger partial charge on any atom is 0.248 e. The molecule has 1 N–H and O–H groups in total. The summed E-state index contributed by atoms with van der Waals surface area (Å²) in [5, 5.41) is 0. The molecule has 0 saturated carbocycles. The van der Waals surface area contributed by atoms with E-state index in [0.29, 0.717) is 5.56 Å². The van der Waals surface area contributed by atoms with Crippen molar-refractivity contribution < 1.29 is 4.79 Å². The predicted molar refractivity (Wildman–Crippen MR) is 81.2 cm³/mol. The smallest absolute Gasteiger partial charge is 0.248 e. The largest absolute Gasteiger partial charge is 0.329 e. The second kappa shape index (κ2) is 5.83. The number of nitrogens with one attached hydrogen (secondary N) is 1. The van der Waals surface area contributed by atoms with Gasteiger partial charge in [0.05, 0.1) is 0 Å². The van der Waals surface area contributed by atoms with E-state index in [0.717, 1.165) is 11.4 Å². The minimum absolute atomic E-state index is 0.108. The molecule has 2 rings (SSSR count). The highest BCUT2D eigenvalue weighted by atomic mass is 16.1. The van der Waals surface area contributed by atoms with E-state index in [9.17, 15) is 9.59 Å². The highest BCUT2D eigenvalue weighted by molar-refractivity contribution is 6.06. The molecule has 21 heavy (non-hydrogen) atoms. The number of allylic oxidation sites excluding steroid dienone is 1. The molecule has 0 aliphatic rings. The summed E-state index contributed by atoms with van der Waals surface area (Å²) in [6.07, 6.45) is 7.84. The van der Waals surface area contributed by atoms with Crippen molar-refractivity contribution in [2.75, 3.05) is 0 Å². The van der Waals surface area contributed by atoms with E-state index < -0.39 is 0 Å². The summed E-state index contributed by atoms with van der Waals surface area (Å²) in [7, 11) is 0. The van der Waals surface area contributed by atoms with Gasteiger partial charge in [0.2, 0.25) is 5.56 Å². The Labute approximate surface area is 122 Å². The van der Waals surface area contributed by atoms with Crippen LogP contribution in [-0.2, 0) is 5.41 Å². The van der Waals surface area contributed by atoms with Crippen molar-refractivity contribution in [3.8, 4) is 0 Å². The predicted octanol–water partition coefficient (Wildman–Crippen LogP) is 2.36. The number of carbonyl (C=O) groups is 1. The minimum atomic E-state index is -0.299. The zero-order chi connectivity index (χ0) is 15.5. The first-order valence-corrected chi connectivity index (χ1v) is 6.60. The molecular formula is C16H17N3O2. The zero-order valence-electron chi connectivity index (χ0n) is 12.3. The van der Waals surface area contributed by atoms with Crippen LogP contribution in [0.5, 0.6) is 0 Å². The van der Waals surface area contributed by atoms with Gasteiger partial charge in [-0.25, -0.2) is 9.97 Å². The van der Waals surface area contributed by atoms with Crippen LogP contribution in [0.15, 0.2) is 41.6 Å². The van der Waals surface area contributed by atoms with Crippen LogP contribution in [-0.4, -0.2) is 20.7 Å². The van der Waals surface area contributed by atoms with Crippen molar-refractivity contribution >= 4 is 11.9 Å². The van der Waals surface area contributed by atoms with Gasteiger partial charge >= 0.3 is 0 Å². The van der Waals surface area contributed by atoms with Crippen molar-refractivity contribution in [3.63, 3.8) is 0 Å². The Kier molecular flexibility index (Phi) is 4.12. The second-order valence-corrected chi connectivity index (χ2v) is 5.73. The molecule has 0 aliphatic heterocycles. The number of aromatic amines is 1. The Morgan fingerprint density at radius 3 is 2.48 bits per heavy atom. The van der Waals surface area contributed by atoms with Gasteiger partial charge in [0.1, 0.15) is 5.82 Å². The summed E-state index contributed by atoms with van der Waals surface area (Å²) in [6.45, 7) is 6.11. The highest BCUT2D eigenvalue weighted by Gasteiger charge is 2.16. The fraction of sp³-hybridized carbons (Fsp3) is 0.250. The Bertz CT molecular complexity index is 722. The van der Waals surface area contributed by atoms with Crippen LogP contribution >= 0.6 is 0 Å². The Hall–Kier alpha value is -2.56. The average Bonchev–Trinajstić information content (AvgIpc) is 2.44. The molecule has 0 aromatic carbocycles. The zero-order valence-corrected chi connectivity index (χ0v) is 12.3. The molecule has 2 aromatic rings. The Balaban J connectivity index is 2.14. The first kappa shape index (κ1) is 14.8. The van der Waals surface area contributed by atoms with Gasteiger partial charge in [-0.2, -0.15) is 0 Å². The third-order valence-electron chi connectivity index (χ3n) is 2.83. The molecular weight excluding hydrogens is 266 g/mol. The molecule has 0 unspecified atom stereocenters. The lowest BCUT2D eigenvalue weighted by atomic mass is 9.96. The Morgan fingerprint density at radius 1 is 1.24 bits per heavy atom. The van der Waals surface area contributed by atoms with Gasteiger partial charge in [-0.05, 0) is 18.2 Å². The number of pyridine rings is 1. The van der Waals surface area contributed by atoms with Gasteiger partial charge in [-0.15, -0.1) is 0 Å². The molecule has 0 fully saturated rings. The molecule has 108 valence electrons. The monoisotopic (exact) mass is 283 g/mol. The summed E-state index contributed by atoms with van der Waals surface area (Å²) in [4.78, 5) is 34.1. The fourth-order valence-electron chi connectivity index (χ4n) is 1.68. The van der Waals surface area contributed by atoms with Crippen LogP contribution in [0.2, 0.25) is 0 Å². The first-order chi connectivity index (χ1) is 9.86. The van der Waals surface area contributed by atoms with Crippen molar-refractivity contribution in [2.45, 2.75) is 26.2 Å². The van der Waals surface area contributed by atoms with Crippen molar-refractivity contribution in [2.24, 2.45) is 0 Å². The summed E-state index contributed by atoms with van der Waals surface area (Å²) in [5.74, 6) is 0.515. The molecule has 0 bridgehead atoms. The number of hydrogen-bond donors (Lipinski definition) is 1. The number of ketones is 1. The topological polar surface area (TPSA) is 75.7 Å². The minimum Gasteiger partial charge on any atom is -0.329 e. The maximum atomic E-state index is 11.9. The van der Waals surface area contributed by atoms with Crippen LogP contribution in [0.1, 0.15) is 42.5 Å². The SMILES string of the molecule is CC(C)(C)c1ncc(/C=C/C(=O)c2cc[nH]c(=O)c2)cn1. The molecule has 2 aromatic heterocycles. The molecule has 0 aliphatic carbocycles. The number of aromatic nitrogens is 3. The number of H-pyrrole nitrogens is 1. The number of rotatable bonds is 3. The Morgan fingerprint density at radius 2 is 1.90 bits per heavy atom. The van der Waals surface area contributed by atoms with E-state index in [4.69, 9.17) is 0 Å². The third-order valence-corrected chi connectivity index (χ3v) is 2.83. The average molecular weight is 283 g/mol. The molecule has 0 amide bonds. The van der Waals surface area contributed by atoms with Crippen molar-refractivity contribution in [3.05, 3.63) is 64.1 Å². The van der Waals surface area contributed by atoms with E-state index in [1.807, 2.05) is 20.8 Å². The van der Waals surface area contributed by atoms with Crippen LogP contribution < -0.4 is 5.56 Å². The summed E-state index contributed by atoms with van der Waals surface area (Å²) >= 11 is 0. The lowest BCUT2D eigenvalue weighted by molar-refractivity contribution is 0.104. The highest BCUT2D eigenvalue weighted by Crippen LogP contribution is 2.17. The summed E-state index contributed by atoms with van der Waals surface area (Å²) < 4.78 is 0. The maximum absolute atomic E-state index is 11.9. The number of carbonyl (C=O) groups excluding carboxylic acids is 1. The lowest BCUT2D eigenvalue weighted by Crippen LogP contribution is -2.15. The quantitative estimate of drug-likeness (QED) is 0.693. The van der Waals surface area contributed by atoms with E-state index in [1.165, 1.54) is 18.3 Å². The van der Waals surface area contributed by atoms with E-state index >= 15 is 0 Å². The number of nitrogens with zero attached hydrogens (tertiary/aromatic N) is 2. The van der Waals surface area contributed by atoms with Gasteiger partial charge in [0, 0.05) is 41.2 Å². The molecule has 5 heteroatoms. The summed E-state index contributed by atoms with van der Waals surface area (Å²) in [6, 6.07) is 2.83. The molecule has 0 atom stereocenters. The normalized spacial score (nSPS) is 11.8. The third kappa shape index (κ3) is 3.95. The van der Waals surface area contributed by atoms with E-state index in [1.54, 1.807) is 24.5 Å². The molecule has 0 spiro atoms. The van der Waals surface area contributed by atoms with Crippen LogP contribution in [0, 0.1) is 0 Å². The first-order valence-electron chi connectivity index (χ1n) is 6.60. The van der Waals surface area contributed by atoms with Gasteiger partial charge in [-0.3, -0.25) is 9.59 Å². The van der Waals surface area contributed by atoms with Gasteiger partial charge in [0.15, 0.2) is 5.78 Å².